The molecule has 0 aromatic rings. The van der Waals surface area contributed by atoms with E-state index < -0.39 is 45.7 Å². The number of hydrogen-bond donors (Lipinski definition) is 3. The minimum atomic E-state index is -2.51. The number of carboxylic acid groups (broad SMARTS) is 3. The Balaban J connectivity index is -0.0000000542. The fourth-order valence-corrected chi connectivity index (χ4v) is 0. The van der Waals surface area contributed by atoms with Gasteiger partial charge in [0.05, 0.1) is 0 Å². The van der Waals surface area contributed by atoms with Gasteiger partial charge in [-0.2, -0.15) is 0 Å². The zero-order valence-corrected chi connectivity index (χ0v) is 12.5. The molecule has 0 unspecified atom stereocenters. The van der Waals surface area contributed by atoms with Crippen molar-refractivity contribution in [2.45, 2.75) is 20.8 Å². The molecule has 0 aromatic carbocycles. The molecule has 0 amide bonds. The van der Waals surface area contributed by atoms with Crippen LogP contribution in [0.1, 0.15) is 20.8 Å². The van der Waals surface area contributed by atoms with E-state index in [-0.39, 0.29) is 0 Å². The van der Waals surface area contributed by atoms with Crippen LogP contribution < -0.4 is 0 Å². The third-order valence-electron chi connectivity index (χ3n) is 0. The molecule has 0 saturated heterocycles. The van der Waals surface area contributed by atoms with E-state index in [0.29, 0.717) is 0 Å². The summed E-state index contributed by atoms with van der Waals surface area (Å²) in [4.78, 5) is 27.0. The van der Waals surface area contributed by atoms with Crippen LogP contribution in [0.3, 0.4) is 0 Å². The molecule has 15 heavy (non-hydrogen) atoms. The van der Waals surface area contributed by atoms with Crippen LogP contribution in [-0.2, 0) is 18.9 Å². The van der Waals surface area contributed by atoms with Crippen LogP contribution in [0.5, 0.6) is 0 Å². The molecule has 0 fully saturated rings. The Hall–Kier alpha value is -0.938. The maximum absolute atomic E-state index is 9.00. The van der Waals surface area contributed by atoms with Crippen LogP contribution in [-0.4, -0.2) is 33.2 Å². The van der Waals surface area contributed by atoms with Crippen molar-refractivity contribution >= 4 is 17.9 Å². The Morgan fingerprint density at radius 1 is 0.733 bits per heavy atom. The summed E-state index contributed by atoms with van der Waals surface area (Å²) in [6.07, 6.45) is 0. The molecule has 0 aliphatic carbocycles. The second-order valence-corrected chi connectivity index (χ2v) is 2.33. The molecular formula is C6H12O8U. The van der Waals surface area contributed by atoms with E-state index in [1.165, 1.54) is 0 Å². The predicted molar refractivity (Wildman–Crippen MR) is 41.3 cm³/mol. The zero-order valence-electron chi connectivity index (χ0n) is 8.38. The molecule has 0 saturated carbocycles. The molecule has 0 aromatic heterocycles. The summed E-state index contributed by atoms with van der Waals surface area (Å²) in [6, 6.07) is 0. The molecule has 0 atom stereocenters. The maximum atomic E-state index is 9.00. The average molecular weight is 450 g/mol. The summed E-state index contributed by atoms with van der Waals surface area (Å²) < 4.78 is 17.2. The summed E-state index contributed by atoms with van der Waals surface area (Å²) in [5, 5.41) is 22.2. The summed E-state index contributed by atoms with van der Waals surface area (Å²) in [6.45, 7) is 3.25. The van der Waals surface area contributed by atoms with Crippen molar-refractivity contribution in [1.29, 1.82) is 0 Å². The van der Waals surface area contributed by atoms with Crippen LogP contribution in [0.15, 0.2) is 0 Å². The van der Waals surface area contributed by atoms with Gasteiger partial charge in [-0.15, -0.1) is 0 Å². The zero-order chi connectivity index (χ0) is 13.4. The Morgan fingerprint density at radius 2 is 0.733 bits per heavy atom. The molecule has 0 spiro atoms. The third kappa shape index (κ3) is 1820. The monoisotopic (exact) mass is 450 g/mol. The van der Waals surface area contributed by atoms with Gasteiger partial charge in [0.25, 0.3) is 17.9 Å². The van der Waals surface area contributed by atoms with E-state index >= 15 is 0 Å². The van der Waals surface area contributed by atoms with E-state index in [1.807, 2.05) is 0 Å². The topological polar surface area (TPSA) is 146 Å². The third-order valence-corrected chi connectivity index (χ3v) is 0. The quantitative estimate of drug-likeness (QED) is 0.469. The molecule has 0 radical (unpaired) electrons. The molecule has 3 N–H and O–H groups in total. The van der Waals surface area contributed by atoms with Gasteiger partial charge in [0.15, 0.2) is 0 Å². The summed E-state index contributed by atoms with van der Waals surface area (Å²) in [5.74, 6) is -2.50. The van der Waals surface area contributed by atoms with Gasteiger partial charge in [0.1, 0.15) is 0 Å². The van der Waals surface area contributed by atoms with E-state index in [1.54, 1.807) is 0 Å². The SMILES string of the molecule is CC(=O)O.CC(=O)O.CC(=O)O.[O]=[U]=[O]. The van der Waals surface area contributed by atoms with E-state index in [9.17, 15) is 0 Å². The van der Waals surface area contributed by atoms with Crippen molar-refractivity contribution in [3.05, 3.63) is 0 Å². The predicted octanol–water partition coefficient (Wildman–Crippen LogP) is 0.0351. The van der Waals surface area contributed by atoms with Gasteiger partial charge >= 0.3 is 32.3 Å². The second kappa shape index (κ2) is 23.1. The molecular weight excluding hydrogens is 438 g/mol. The van der Waals surface area contributed by atoms with Gasteiger partial charge in [-0.25, -0.2) is 0 Å². The Bertz CT molecular complexity index is 177. The van der Waals surface area contributed by atoms with Crippen molar-refractivity contribution in [3.63, 3.8) is 0 Å². The fraction of sp³-hybridized carbons (Fsp3) is 0.500. The Morgan fingerprint density at radius 3 is 0.733 bits per heavy atom. The normalized spacial score (nSPS) is 5.53. The standard InChI is InChI=1S/3C2H4O2.2O.U/c3*1-2(3)4;;;/h3*1H3,(H,3,4);;;. The van der Waals surface area contributed by atoms with Crippen molar-refractivity contribution in [1.82, 2.24) is 0 Å². The molecule has 0 bridgehead atoms. The summed E-state index contributed by atoms with van der Waals surface area (Å²) in [5.41, 5.74) is 0. The van der Waals surface area contributed by atoms with Crippen LogP contribution in [0, 0.1) is 27.8 Å². The van der Waals surface area contributed by atoms with Gasteiger partial charge in [0.2, 0.25) is 0 Å². The molecule has 0 rings (SSSR count). The fourth-order valence-electron chi connectivity index (χ4n) is 0. The van der Waals surface area contributed by atoms with Crippen molar-refractivity contribution in [3.8, 4) is 0 Å². The van der Waals surface area contributed by atoms with Crippen molar-refractivity contribution < 1.29 is 62.0 Å². The van der Waals surface area contributed by atoms with Gasteiger partial charge < -0.3 is 15.3 Å². The van der Waals surface area contributed by atoms with Gasteiger partial charge in [-0.1, -0.05) is 0 Å². The number of hydrogen-bond acceptors (Lipinski definition) is 5. The van der Waals surface area contributed by atoms with Crippen LogP contribution >= 0.6 is 0 Å². The first-order valence-corrected chi connectivity index (χ1v) is 6.59. The van der Waals surface area contributed by atoms with E-state index in [4.69, 9.17) is 34.2 Å². The number of aliphatic carboxylic acids is 3. The van der Waals surface area contributed by atoms with Gasteiger partial charge in [-0.3, -0.25) is 14.4 Å². The first-order chi connectivity index (χ1) is 6.61. The summed E-state index contributed by atoms with van der Waals surface area (Å²) >= 11 is -2.51. The molecule has 0 aliphatic rings. The molecule has 0 aliphatic heterocycles. The average Bonchev–Trinajstić information content (AvgIpc) is 1.81. The van der Waals surface area contributed by atoms with Crippen molar-refractivity contribution in [2.24, 2.45) is 0 Å². The Kier molecular flexibility index (Phi) is 36.6. The first kappa shape index (κ1) is 23.7. The van der Waals surface area contributed by atoms with Crippen LogP contribution in [0.25, 0.3) is 0 Å². The summed E-state index contributed by atoms with van der Waals surface area (Å²) in [7, 11) is 0. The van der Waals surface area contributed by atoms with Gasteiger partial charge in [-0.05, 0) is 0 Å². The molecule has 88 valence electrons. The molecule has 9 heteroatoms. The van der Waals surface area contributed by atoms with Crippen molar-refractivity contribution in [2.75, 3.05) is 0 Å². The van der Waals surface area contributed by atoms with E-state index in [0.717, 1.165) is 20.8 Å². The minimum absolute atomic E-state index is 0.833. The number of carbonyl (C=O) groups is 3. The second-order valence-electron chi connectivity index (χ2n) is 1.64. The molecule has 8 nitrogen and oxygen atoms in total. The Labute approximate surface area is 101 Å². The van der Waals surface area contributed by atoms with Crippen LogP contribution in [0.2, 0.25) is 0 Å². The number of rotatable bonds is 0. The number of carboxylic acids is 3. The molecule has 0 heterocycles. The van der Waals surface area contributed by atoms with Crippen LogP contribution in [0.4, 0.5) is 0 Å². The van der Waals surface area contributed by atoms with E-state index in [2.05, 4.69) is 0 Å². The van der Waals surface area contributed by atoms with Gasteiger partial charge in [0, 0.05) is 20.8 Å². The first-order valence-electron chi connectivity index (χ1n) is 3.19.